The zero-order valence-corrected chi connectivity index (χ0v) is 5.09. The third kappa shape index (κ3) is 2.42. The molecule has 0 amide bonds. The zero-order valence-electron chi connectivity index (χ0n) is 5.09. The van der Waals surface area contributed by atoms with E-state index in [1.54, 1.807) is 12.2 Å². The van der Waals surface area contributed by atoms with Crippen molar-refractivity contribution in [2.24, 2.45) is 11.5 Å². The lowest BCUT2D eigenvalue weighted by Crippen LogP contribution is -2.30. The molecule has 1 unspecified atom stereocenters. The Morgan fingerprint density at radius 3 is 2.25 bits per heavy atom. The SMILES string of the molecule is C=CC(C)(N)/C=C\N. The third-order valence-electron chi connectivity index (χ3n) is 0.895. The summed E-state index contributed by atoms with van der Waals surface area (Å²) in [6.45, 7) is 5.34. The van der Waals surface area contributed by atoms with Crippen LogP contribution in [0.2, 0.25) is 0 Å². The van der Waals surface area contributed by atoms with Gasteiger partial charge in [0.05, 0.1) is 5.54 Å². The monoisotopic (exact) mass is 112 g/mol. The highest BCUT2D eigenvalue weighted by Gasteiger charge is 2.05. The van der Waals surface area contributed by atoms with E-state index in [9.17, 15) is 0 Å². The Kier molecular flexibility index (Phi) is 2.28. The molecule has 1 atom stereocenters. The molecule has 4 N–H and O–H groups in total. The molecule has 0 aromatic heterocycles. The predicted molar refractivity (Wildman–Crippen MR) is 36.1 cm³/mol. The van der Waals surface area contributed by atoms with E-state index < -0.39 is 5.54 Å². The van der Waals surface area contributed by atoms with Gasteiger partial charge in [-0.1, -0.05) is 6.08 Å². The summed E-state index contributed by atoms with van der Waals surface area (Å²) in [5, 5.41) is 0. The molecule has 0 rings (SSSR count). The molecule has 46 valence electrons. The van der Waals surface area contributed by atoms with Crippen molar-refractivity contribution < 1.29 is 0 Å². The molecule has 0 saturated heterocycles. The Balaban J connectivity index is 3.90. The molecule has 8 heavy (non-hydrogen) atoms. The standard InChI is InChI=1S/C6H12N2/c1-3-6(2,8)4-5-7/h3-5H,1,7-8H2,2H3/b5-4-. The molecule has 0 aliphatic carbocycles. The van der Waals surface area contributed by atoms with Gasteiger partial charge in [0.15, 0.2) is 0 Å². The number of hydrogen-bond donors (Lipinski definition) is 2. The van der Waals surface area contributed by atoms with Crippen LogP contribution in [0, 0.1) is 0 Å². The van der Waals surface area contributed by atoms with Gasteiger partial charge in [-0.3, -0.25) is 0 Å². The largest absolute Gasteiger partial charge is 0.405 e. The van der Waals surface area contributed by atoms with Crippen LogP contribution in [0.5, 0.6) is 0 Å². The quantitative estimate of drug-likeness (QED) is 0.507. The lowest BCUT2D eigenvalue weighted by molar-refractivity contribution is 0.735. The van der Waals surface area contributed by atoms with Crippen molar-refractivity contribution >= 4 is 0 Å². The fourth-order valence-electron chi connectivity index (χ4n) is 0.275. The van der Waals surface area contributed by atoms with Crippen LogP contribution in [0.4, 0.5) is 0 Å². The summed E-state index contributed by atoms with van der Waals surface area (Å²) >= 11 is 0. The molecule has 0 aromatic rings. The number of nitrogens with two attached hydrogens (primary N) is 2. The Labute approximate surface area is 49.9 Å². The average Bonchev–Trinajstić information content (AvgIpc) is 1.67. The van der Waals surface area contributed by atoms with Crippen molar-refractivity contribution in [2.45, 2.75) is 12.5 Å². The summed E-state index contributed by atoms with van der Waals surface area (Å²) in [5.41, 5.74) is 10.2. The van der Waals surface area contributed by atoms with E-state index in [1.807, 2.05) is 6.92 Å². The van der Waals surface area contributed by atoms with E-state index in [0.717, 1.165) is 0 Å². The van der Waals surface area contributed by atoms with Crippen LogP contribution >= 0.6 is 0 Å². The van der Waals surface area contributed by atoms with Crippen LogP contribution in [-0.4, -0.2) is 5.54 Å². The summed E-state index contributed by atoms with van der Waals surface area (Å²) in [4.78, 5) is 0. The smallest absolute Gasteiger partial charge is 0.0510 e. The maximum absolute atomic E-state index is 5.54. The van der Waals surface area contributed by atoms with Crippen LogP contribution in [0.1, 0.15) is 6.92 Å². The highest BCUT2D eigenvalue weighted by atomic mass is 14.7. The van der Waals surface area contributed by atoms with Gasteiger partial charge in [0.1, 0.15) is 0 Å². The number of hydrogen-bond acceptors (Lipinski definition) is 2. The molecule has 2 heteroatoms. The Hall–Kier alpha value is -0.760. The lowest BCUT2D eigenvalue weighted by Gasteiger charge is -2.11. The normalized spacial score (nSPS) is 18.2. The van der Waals surface area contributed by atoms with E-state index in [2.05, 4.69) is 6.58 Å². The van der Waals surface area contributed by atoms with Crippen LogP contribution in [-0.2, 0) is 0 Å². The van der Waals surface area contributed by atoms with Crippen LogP contribution in [0.25, 0.3) is 0 Å². The van der Waals surface area contributed by atoms with Gasteiger partial charge in [-0.15, -0.1) is 6.58 Å². The molecule has 2 nitrogen and oxygen atoms in total. The molecule has 0 heterocycles. The minimum atomic E-state index is -0.450. The Bertz CT molecular complexity index is 103. The molecular weight excluding hydrogens is 100 g/mol. The van der Waals surface area contributed by atoms with Gasteiger partial charge in [0, 0.05) is 0 Å². The minimum Gasteiger partial charge on any atom is -0.405 e. The van der Waals surface area contributed by atoms with E-state index in [0.29, 0.717) is 0 Å². The summed E-state index contributed by atoms with van der Waals surface area (Å²) in [6, 6.07) is 0. The summed E-state index contributed by atoms with van der Waals surface area (Å²) in [5.74, 6) is 0. The van der Waals surface area contributed by atoms with E-state index in [-0.39, 0.29) is 0 Å². The van der Waals surface area contributed by atoms with Crippen LogP contribution in [0.3, 0.4) is 0 Å². The molecule has 0 aliphatic rings. The van der Waals surface area contributed by atoms with Gasteiger partial charge in [0.25, 0.3) is 0 Å². The van der Waals surface area contributed by atoms with Crippen LogP contribution < -0.4 is 11.5 Å². The summed E-state index contributed by atoms with van der Waals surface area (Å²) in [6.07, 6.45) is 4.73. The summed E-state index contributed by atoms with van der Waals surface area (Å²) < 4.78 is 0. The van der Waals surface area contributed by atoms with Gasteiger partial charge >= 0.3 is 0 Å². The van der Waals surface area contributed by atoms with Crippen molar-refractivity contribution in [3.63, 3.8) is 0 Å². The second kappa shape index (κ2) is 2.52. The maximum atomic E-state index is 5.54. The van der Waals surface area contributed by atoms with E-state index >= 15 is 0 Å². The molecule has 0 saturated carbocycles. The van der Waals surface area contributed by atoms with Gasteiger partial charge in [-0.2, -0.15) is 0 Å². The fraction of sp³-hybridized carbons (Fsp3) is 0.333. The molecule has 0 aromatic carbocycles. The first-order valence-electron chi connectivity index (χ1n) is 2.44. The van der Waals surface area contributed by atoms with Gasteiger partial charge in [-0.25, -0.2) is 0 Å². The minimum absolute atomic E-state index is 0.450. The van der Waals surface area contributed by atoms with Crippen molar-refractivity contribution in [1.82, 2.24) is 0 Å². The molecule has 0 fully saturated rings. The highest BCUT2D eigenvalue weighted by Crippen LogP contribution is 1.99. The maximum Gasteiger partial charge on any atom is 0.0510 e. The fourth-order valence-corrected chi connectivity index (χ4v) is 0.275. The third-order valence-corrected chi connectivity index (χ3v) is 0.895. The molecule has 0 bridgehead atoms. The van der Waals surface area contributed by atoms with Gasteiger partial charge in [0.2, 0.25) is 0 Å². The molecule has 0 radical (unpaired) electrons. The number of rotatable bonds is 2. The van der Waals surface area contributed by atoms with Crippen molar-refractivity contribution in [1.29, 1.82) is 0 Å². The first-order valence-corrected chi connectivity index (χ1v) is 2.44. The van der Waals surface area contributed by atoms with E-state index in [1.165, 1.54) is 6.20 Å². The Morgan fingerprint density at radius 2 is 2.12 bits per heavy atom. The lowest BCUT2D eigenvalue weighted by atomic mass is 10.1. The van der Waals surface area contributed by atoms with Crippen molar-refractivity contribution in [2.75, 3.05) is 0 Å². The van der Waals surface area contributed by atoms with E-state index in [4.69, 9.17) is 11.5 Å². The zero-order chi connectivity index (χ0) is 6.62. The second-order valence-electron chi connectivity index (χ2n) is 1.93. The topological polar surface area (TPSA) is 52.0 Å². The first kappa shape index (κ1) is 7.24. The highest BCUT2D eigenvalue weighted by molar-refractivity contribution is 5.10. The summed E-state index contributed by atoms with van der Waals surface area (Å²) in [7, 11) is 0. The van der Waals surface area contributed by atoms with Crippen molar-refractivity contribution in [3.8, 4) is 0 Å². The predicted octanol–water partition coefficient (Wildman–Crippen LogP) is 0.362. The average molecular weight is 112 g/mol. The van der Waals surface area contributed by atoms with Gasteiger partial charge in [-0.05, 0) is 19.2 Å². The Morgan fingerprint density at radius 1 is 1.62 bits per heavy atom. The van der Waals surface area contributed by atoms with Gasteiger partial charge < -0.3 is 11.5 Å². The molecule has 0 spiro atoms. The molecular formula is C6H12N2. The van der Waals surface area contributed by atoms with Crippen LogP contribution in [0.15, 0.2) is 24.9 Å². The second-order valence-corrected chi connectivity index (χ2v) is 1.93. The first-order chi connectivity index (χ1) is 3.62. The molecule has 0 aliphatic heterocycles. The van der Waals surface area contributed by atoms with Crippen molar-refractivity contribution in [3.05, 3.63) is 24.9 Å².